The Morgan fingerprint density at radius 3 is 2.82 bits per heavy atom. The van der Waals surface area contributed by atoms with E-state index in [-0.39, 0.29) is 24.1 Å². The maximum atomic E-state index is 12.1. The summed E-state index contributed by atoms with van der Waals surface area (Å²) in [5, 5.41) is 20.4. The van der Waals surface area contributed by atoms with Crippen molar-refractivity contribution in [2.75, 3.05) is 11.9 Å². The number of nitrogens with zero attached hydrogens (tertiary/aromatic N) is 1. The molecule has 0 saturated heterocycles. The molecule has 0 aromatic carbocycles. The molecule has 0 fully saturated rings. The first-order valence-corrected chi connectivity index (χ1v) is 7.97. The molecule has 120 valence electrons. The molecule has 2 rings (SSSR count). The van der Waals surface area contributed by atoms with Gasteiger partial charge in [0, 0.05) is 23.0 Å². The molecule has 0 saturated carbocycles. The van der Waals surface area contributed by atoms with E-state index in [2.05, 4.69) is 15.8 Å². The molecule has 2 aromatic rings. The van der Waals surface area contributed by atoms with E-state index in [0.717, 1.165) is 4.88 Å². The Balaban J connectivity index is 1.98. The Kier molecular flexibility index (Phi) is 5.20. The summed E-state index contributed by atoms with van der Waals surface area (Å²) >= 11 is 1.54. The van der Waals surface area contributed by atoms with Gasteiger partial charge in [-0.25, -0.2) is 4.79 Å². The quantitative estimate of drug-likeness (QED) is 0.788. The molecular weight excluding hydrogens is 302 g/mol. The molecule has 22 heavy (non-hydrogen) atoms. The van der Waals surface area contributed by atoms with Crippen LogP contribution in [0.4, 0.5) is 10.6 Å². The molecule has 2 amide bonds. The number of rotatable bonds is 5. The van der Waals surface area contributed by atoms with E-state index in [1.165, 1.54) is 11.3 Å². The molecule has 0 radical (unpaired) electrons. The fourth-order valence-electron chi connectivity index (χ4n) is 1.90. The number of carbonyl (C=O) groups excluding carboxylic acids is 1. The highest BCUT2D eigenvalue weighted by Crippen LogP contribution is 2.25. The zero-order valence-corrected chi connectivity index (χ0v) is 13.7. The molecule has 1 unspecified atom stereocenters. The number of hydrogen-bond acceptors (Lipinski definition) is 5. The van der Waals surface area contributed by atoms with Crippen molar-refractivity contribution in [2.24, 2.45) is 0 Å². The SMILES string of the molecule is CC(C)(C)c1cc(NC(=O)NC(CCO)c2cccs2)no1. The standard InChI is InChI=1S/C15H21N3O3S/c1-15(2,3)12-9-13(18-21-12)17-14(20)16-10(6-7-19)11-5-4-8-22-11/h4-5,8-10,19H,6-7H2,1-3H3,(H2,16,17,18,20). The summed E-state index contributed by atoms with van der Waals surface area (Å²) in [6.07, 6.45) is 0.458. The third-order valence-corrected chi connectivity index (χ3v) is 4.09. The molecule has 1 atom stereocenters. The zero-order chi connectivity index (χ0) is 16.2. The van der Waals surface area contributed by atoms with Gasteiger partial charge in [-0.1, -0.05) is 32.0 Å². The van der Waals surface area contributed by atoms with Crippen molar-refractivity contribution < 1.29 is 14.4 Å². The van der Waals surface area contributed by atoms with Crippen LogP contribution < -0.4 is 10.6 Å². The van der Waals surface area contributed by atoms with Gasteiger partial charge >= 0.3 is 6.03 Å². The highest BCUT2D eigenvalue weighted by molar-refractivity contribution is 7.10. The first-order valence-electron chi connectivity index (χ1n) is 7.09. The van der Waals surface area contributed by atoms with E-state index in [1.807, 2.05) is 38.3 Å². The van der Waals surface area contributed by atoms with Gasteiger partial charge in [0.2, 0.25) is 0 Å². The van der Waals surface area contributed by atoms with Crippen molar-refractivity contribution >= 4 is 23.2 Å². The van der Waals surface area contributed by atoms with Gasteiger partial charge in [0.05, 0.1) is 6.04 Å². The lowest BCUT2D eigenvalue weighted by atomic mass is 9.93. The van der Waals surface area contributed by atoms with Crippen LogP contribution in [-0.4, -0.2) is 22.9 Å². The smallest absolute Gasteiger partial charge is 0.321 e. The lowest BCUT2D eigenvalue weighted by Crippen LogP contribution is -2.32. The van der Waals surface area contributed by atoms with E-state index < -0.39 is 0 Å². The minimum atomic E-state index is -0.374. The van der Waals surface area contributed by atoms with E-state index in [1.54, 1.807) is 6.07 Å². The first-order chi connectivity index (χ1) is 10.4. The maximum absolute atomic E-state index is 12.1. The van der Waals surface area contributed by atoms with Crippen LogP contribution in [-0.2, 0) is 5.41 Å². The molecule has 0 aliphatic rings. The maximum Gasteiger partial charge on any atom is 0.321 e. The fraction of sp³-hybridized carbons (Fsp3) is 0.467. The molecule has 6 nitrogen and oxygen atoms in total. The lowest BCUT2D eigenvalue weighted by Gasteiger charge is -2.16. The molecule has 7 heteroatoms. The number of anilines is 1. The number of aliphatic hydroxyl groups excluding tert-OH is 1. The van der Waals surface area contributed by atoms with Gasteiger partial charge in [-0.2, -0.15) is 0 Å². The number of aliphatic hydroxyl groups is 1. The molecular formula is C15H21N3O3S. The van der Waals surface area contributed by atoms with Gasteiger partial charge in [-0.05, 0) is 17.9 Å². The second kappa shape index (κ2) is 6.93. The summed E-state index contributed by atoms with van der Waals surface area (Å²) in [6.45, 7) is 6.02. The van der Waals surface area contributed by atoms with Gasteiger partial charge in [-0.3, -0.25) is 5.32 Å². The van der Waals surface area contributed by atoms with Crippen LogP contribution in [0.2, 0.25) is 0 Å². The van der Waals surface area contributed by atoms with Crippen molar-refractivity contribution in [1.82, 2.24) is 10.5 Å². The molecule has 0 aliphatic heterocycles. The van der Waals surface area contributed by atoms with Crippen molar-refractivity contribution in [2.45, 2.75) is 38.6 Å². The second-order valence-corrected chi connectivity index (χ2v) is 6.98. The highest BCUT2D eigenvalue weighted by Gasteiger charge is 2.21. The normalized spacial score (nSPS) is 12.9. The minimum Gasteiger partial charge on any atom is -0.396 e. The van der Waals surface area contributed by atoms with Gasteiger partial charge < -0.3 is 14.9 Å². The fourth-order valence-corrected chi connectivity index (χ4v) is 2.71. The summed E-state index contributed by atoms with van der Waals surface area (Å²) in [5.41, 5.74) is -0.167. The Hall–Kier alpha value is -1.86. The highest BCUT2D eigenvalue weighted by atomic mass is 32.1. The summed E-state index contributed by atoms with van der Waals surface area (Å²) in [7, 11) is 0. The minimum absolute atomic E-state index is 0.000971. The van der Waals surface area contributed by atoms with Crippen molar-refractivity contribution in [3.8, 4) is 0 Å². The van der Waals surface area contributed by atoms with Crippen molar-refractivity contribution in [3.63, 3.8) is 0 Å². The number of amides is 2. The summed E-state index contributed by atoms with van der Waals surface area (Å²) < 4.78 is 5.22. The van der Waals surface area contributed by atoms with Gasteiger partial charge in [-0.15, -0.1) is 11.3 Å². The molecule has 2 aromatic heterocycles. The van der Waals surface area contributed by atoms with Crippen LogP contribution in [0.5, 0.6) is 0 Å². The van der Waals surface area contributed by atoms with Crippen LogP contribution in [0.1, 0.15) is 43.9 Å². The number of aromatic nitrogens is 1. The van der Waals surface area contributed by atoms with Crippen LogP contribution in [0.25, 0.3) is 0 Å². The Labute approximate surface area is 133 Å². The third-order valence-electron chi connectivity index (χ3n) is 3.10. The predicted molar refractivity (Wildman–Crippen MR) is 86.1 cm³/mol. The van der Waals surface area contributed by atoms with Gasteiger partial charge in [0.1, 0.15) is 5.76 Å². The van der Waals surface area contributed by atoms with Gasteiger partial charge in [0.15, 0.2) is 5.82 Å². The van der Waals surface area contributed by atoms with E-state index in [4.69, 9.17) is 9.63 Å². The van der Waals surface area contributed by atoms with Crippen molar-refractivity contribution in [1.29, 1.82) is 0 Å². The molecule has 0 aliphatic carbocycles. The average Bonchev–Trinajstić information content (AvgIpc) is 3.08. The number of carbonyl (C=O) groups is 1. The monoisotopic (exact) mass is 323 g/mol. The van der Waals surface area contributed by atoms with E-state index in [0.29, 0.717) is 18.0 Å². The topological polar surface area (TPSA) is 87.4 Å². The van der Waals surface area contributed by atoms with Crippen molar-refractivity contribution in [3.05, 3.63) is 34.2 Å². The third kappa shape index (κ3) is 4.32. The Morgan fingerprint density at radius 2 is 2.27 bits per heavy atom. The van der Waals surface area contributed by atoms with Crippen LogP contribution in [0.15, 0.2) is 28.1 Å². The Bertz CT molecular complexity index is 602. The van der Waals surface area contributed by atoms with E-state index >= 15 is 0 Å². The van der Waals surface area contributed by atoms with Crippen LogP contribution >= 0.6 is 11.3 Å². The Morgan fingerprint density at radius 1 is 1.50 bits per heavy atom. The van der Waals surface area contributed by atoms with Crippen LogP contribution in [0, 0.1) is 0 Å². The molecule has 3 N–H and O–H groups in total. The van der Waals surface area contributed by atoms with Gasteiger partial charge in [0.25, 0.3) is 0 Å². The molecule has 0 bridgehead atoms. The summed E-state index contributed by atoms with van der Waals surface area (Å²) in [4.78, 5) is 13.1. The zero-order valence-electron chi connectivity index (χ0n) is 12.9. The average molecular weight is 323 g/mol. The second-order valence-electron chi connectivity index (χ2n) is 6.01. The van der Waals surface area contributed by atoms with Crippen LogP contribution in [0.3, 0.4) is 0 Å². The first kappa shape index (κ1) is 16.5. The molecule has 2 heterocycles. The van der Waals surface area contributed by atoms with E-state index in [9.17, 15) is 4.79 Å². The number of nitrogens with one attached hydrogen (secondary N) is 2. The number of urea groups is 1. The predicted octanol–water partition coefficient (Wildman–Crippen LogP) is 3.28. The number of thiophene rings is 1. The summed E-state index contributed by atoms with van der Waals surface area (Å²) in [6, 6.07) is 4.96. The summed E-state index contributed by atoms with van der Waals surface area (Å²) in [5.74, 6) is 1.07. The molecule has 0 spiro atoms. The number of hydrogen-bond donors (Lipinski definition) is 3. The lowest BCUT2D eigenvalue weighted by molar-refractivity contribution is 0.239. The largest absolute Gasteiger partial charge is 0.396 e.